The molecule has 0 radical (unpaired) electrons. The van der Waals surface area contributed by atoms with Crippen LogP contribution in [0.5, 0.6) is 0 Å². The van der Waals surface area contributed by atoms with Crippen LogP contribution in [0.2, 0.25) is 5.02 Å². The molecule has 0 saturated heterocycles. The van der Waals surface area contributed by atoms with Crippen LogP contribution >= 0.6 is 11.6 Å². The van der Waals surface area contributed by atoms with Crippen LogP contribution in [0.15, 0.2) is 36.5 Å². The third-order valence-electron chi connectivity index (χ3n) is 1.94. The Morgan fingerprint density at radius 2 is 1.94 bits per heavy atom. The highest BCUT2D eigenvalue weighted by molar-refractivity contribution is 6.33. The molecule has 0 aliphatic heterocycles. The predicted octanol–water partition coefficient (Wildman–Crippen LogP) is 3.76. The van der Waals surface area contributed by atoms with Gasteiger partial charge in [0.15, 0.2) is 11.6 Å². The molecule has 5 heteroatoms. The van der Waals surface area contributed by atoms with E-state index >= 15 is 0 Å². The van der Waals surface area contributed by atoms with Gasteiger partial charge in [-0.25, -0.2) is 13.8 Å². The van der Waals surface area contributed by atoms with Gasteiger partial charge in [0.25, 0.3) is 0 Å². The number of aromatic nitrogens is 1. The van der Waals surface area contributed by atoms with Crippen molar-refractivity contribution in [1.82, 2.24) is 4.98 Å². The average molecular weight is 241 g/mol. The zero-order chi connectivity index (χ0) is 11.5. The maximum absolute atomic E-state index is 12.9. The molecule has 0 aliphatic rings. The molecule has 1 aromatic carbocycles. The highest BCUT2D eigenvalue weighted by atomic mass is 35.5. The van der Waals surface area contributed by atoms with Gasteiger partial charge >= 0.3 is 0 Å². The fraction of sp³-hybridized carbons (Fsp3) is 0. The van der Waals surface area contributed by atoms with E-state index in [0.717, 1.165) is 12.1 Å². The number of nitrogens with zero attached hydrogens (tertiary/aromatic N) is 1. The summed E-state index contributed by atoms with van der Waals surface area (Å²) in [6.07, 6.45) is 1.55. The first-order valence-electron chi connectivity index (χ1n) is 4.49. The van der Waals surface area contributed by atoms with E-state index in [1.165, 1.54) is 6.07 Å². The molecule has 82 valence electrons. The summed E-state index contributed by atoms with van der Waals surface area (Å²) >= 11 is 5.85. The smallest absolute Gasteiger partial charge is 0.160 e. The molecule has 0 bridgehead atoms. The van der Waals surface area contributed by atoms with Gasteiger partial charge in [0.1, 0.15) is 5.82 Å². The molecule has 0 fully saturated rings. The molecule has 0 unspecified atom stereocenters. The van der Waals surface area contributed by atoms with Gasteiger partial charge in [-0.15, -0.1) is 0 Å². The van der Waals surface area contributed by atoms with Crippen molar-refractivity contribution in [3.05, 3.63) is 53.2 Å². The SMILES string of the molecule is Fc1ccc(Nc2ncccc2Cl)cc1F. The van der Waals surface area contributed by atoms with Crippen molar-refractivity contribution in [2.45, 2.75) is 0 Å². The lowest BCUT2D eigenvalue weighted by atomic mass is 10.3. The van der Waals surface area contributed by atoms with Crippen LogP contribution in [0.1, 0.15) is 0 Å². The largest absolute Gasteiger partial charge is 0.339 e. The van der Waals surface area contributed by atoms with E-state index < -0.39 is 11.6 Å². The standard InChI is InChI=1S/C11H7ClF2N2/c12-8-2-1-5-15-11(8)16-7-3-4-9(13)10(14)6-7/h1-6H,(H,15,16). The van der Waals surface area contributed by atoms with E-state index in [-0.39, 0.29) is 0 Å². The quantitative estimate of drug-likeness (QED) is 0.865. The third kappa shape index (κ3) is 2.28. The lowest BCUT2D eigenvalue weighted by Crippen LogP contribution is -1.95. The van der Waals surface area contributed by atoms with Crippen LogP contribution in [-0.2, 0) is 0 Å². The van der Waals surface area contributed by atoms with E-state index in [0.29, 0.717) is 16.5 Å². The Bertz CT molecular complexity index is 517. The van der Waals surface area contributed by atoms with Gasteiger partial charge in [0.2, 0.25) is 0 Å². The van der Waals surface area contributed by atoms with E-state index in [1.807, 2.05) is 0 Å². The Morgan fingerprint density at radius 1 is 1.12 bits per heavy atom. The summed E-state index contributed by atoms with van der Waals surface area (Å²) in [7, 11) is 0. The minimum Gasteiger partial charge on any atom is -0.339 e. The van der Waals surface area contributed by atoms with Gasteiger partial charge in [-0.3, -0.25) is 0 Å². The molecule has 1 heterocycles. The first kappa shape index (κ1) is 10.8. The van der Waals surface area contributed by atoms with Crippen molar-refractivity contribution < 1.29 is 8.78 Å². The molecule has 16 heavy (non-hydrogen) atoms. The normalized spacial score (nSPS) is 10.2. The van der Waals surface area contributed by atoms with Gasteiger partial charge in [-0.1, -0.05) is 11.6 Å². The summed E-state index contributed by atoms with van der Waals surface area (Å²) in [5.41, 5.74) is 0.388. The second kappa shape index (κ2) is 4.45. The molecular weight excluding hydrogens is 234 g/mol. The Morgan fingerprint density at radius 3 is 2.62 bits per heavy atom. The molecule has 0 aliphatic carbocycles. The summed E-state index contributed by atoms with van der Waals surface area (Å²) in [4.78, 5) is 3.97. The number of pyridine rings is 1. The summed E-state index contributed by atoms with van der Waals surface area (Å²) in [6.45, 7) is 0. The summed E-state index contributed by atoms with van der Waals surface area (Å²) in [6, 6.07) is 6.81. The summed E-state index contributed by atoms with van der Waals surface area (Å²) in [5, 5.41) is 3.20. The monoisotopic (exact) mass is 240 g/mol. The topological polar surface area (TPSA) is 24.9 Å². The van der Waals surface area contributed by atoms with E-state index in [2.05, 4.69) is 10.3 Å². The first-order chi connectivity index (χ1) is 7.66. The van der Waals surface area contributed by atoms with Gasteiger partial charge in [0.05, 0.1) is 5.02 Å². The number of halogens is 3. The van der Waals surface area contributed by atoms with Crippen molar-refractivity contribution in [3.63, 3.8) is 0 Å². The first-order valence-corrected chi connectivity index (χ1v) is 4.87. The lowest BCUT2D eigenvalue weighted by Gasteiger charge is -2.06. The number of anilines is 2. The van der Waals surface area contributed by atoms with Crippen molar-refractivity contribution in [2.75, 3.05) is 5.32 Å². The molecule has 0 amide bonds. The lowest BCUT2D eigenvalue weighted by molar-refractivity contribution is 0.509. The molecule has 1 aromatic heterocycles. The zero-order valence-corrected chi connectivity index (χ0v) is 8.80. The van der Waals surface area contributed by atoms with Gasteiger partial charge in [-0.2, -0.15) is 0 Å². The summed E-state index contributed by atoms with van der Waals surface area (Å²) < 4.78 is 25.6. The van der Waals surface area contributed by atoms with E-state index in [9.17, 15) is 8.78 Å². The molecule has 2 nitrogen and oxygen atoms in total. The Kier molecular flexibility index (Phi) is 3.01. The fourth-order valence-corrected chi connectivity index (χ4v) is 1.36. The number of benzene rings is 1. The molecule has 0 atom stereocenters. The number of rotatable bonds is 2. The van der Waals surface area contributed by atoms with Crippen LogP contribution in [-0.4, -0.2) is 4.98 Å². The van der Waals surface area contributed by atoms with Gasteiger partial charge in [0, 0.05) is 18.0 Å². The zero-order valence-electron chi connectivity index (χ0n) is 8.05. The highest BCUT2D eigenvalue weighted by Crippen LogP contribution is 2.23. The maximum atomic E-state index is 12.9. The molecule has 2 aromatic rings. The van der Waals surface area contributed by atoms with Crippen LogP contribution in [0.3, 0.4) is 0 Å². The van der Waals surface area contributed by atoms with E-state index in [1.54, 1.807) is 18.3 Å². The van der Waals surface area contributed by atoms with Crippen LogP contribution in [0.25, 0.3) is 0 Å². The average Bonchev–Trinajstić information content (AvgIpc) is 2.27. The van der Waals surface area contributed by atoms with Crippen molar-refractivity contribution in [1.29, 1.82) is 0 Å². The van der Waals surface area contributed by atoms with Crippen LogP contribution in [0.4, 0.5) is 20.3 Å². The number of hydrogen-bond acceptors (Lipinski definition) is 2. The van der Waals surface area contributed by atoms with Gasteiger partial charge in [-0.05, 0) is 24.3 Å². The van der Waals surface area contributed by atoms with Crippen molar-refractivity contribution >= 4 is 23.1 Å². The fourth-order valence-electron chi connectivity index (χ4n) is 1.19. The predicted molar refractivity (Wildman–Crippen MR) is 58.9 cm³/mol. The van der Waals surface area contributed by atoms with Crippen molar-refractivity contribution in [3.8, 4) is 0 Å². The molecule has 2 rings (SSSR count). The number of nitrogens with one attached hydrogen (secondary N) is 1. The Labute approximate surface area is 95.9 Å². The maximum Gasteiger partial charge on any atom is 0.160 e. The second-order valence-corrected chi connectivity index (χ2v) is 3.49. The minimum absolute atomic E-state index is 0.388. The van der Waals surface area contributed by atoms with Gasteiger partial charge < -0.3 is 5.32 Å². The Balaban J connectivity index is 2.28. The highest BCUT2D eigenvalue weighted by Gasteiger charge is 2.04. The summed E-state index contributed by atoms with van der Waals surface area (Å²) in [5.74, 6) is -1.41. The number of hydrogen-bond donors (Lipinski definition) is 1. The molecule has 1 N–H and O–H groups in total. The second-order valence-electron chi connectivity index (χ2n) is 3.09. The Hall–Kier alpha value is -1.68. The minimum atomic E-state index is -0.919. The van der Waals surface area contributed by atoms with E-state index in [4.69, 9.17) is 11.6 Å². The van der Waals surface area contributed by atoms with Crippen molar-refractivity contribution in [2.24, 2.45) is 0 Å². The van der Waals surface area contributed by atoms with Crippen LogP contribution in [0, 0.1) is 11.6 Å². The third-order valence-corrected chi connectivity index (χ3v) is 2.25. The molecular formula is C11H7ClF2N2. The molecule has 0 saturated carbocycles. The molecule has 0 spiro atoms. The van der Waals surface area contributed by atoms with Crippen LogP contribution < -0.4 is 5.32 Å².